The van der Waals surface area contributed by atoms with Gasteiger partial charge in [-0.15, -0.1) is 0 Å². The second-order valence-corrected chi connectivity index (χ2v) is 6.74. The lowest BCUT2D eigenvalue weighted by atomic mass is 9.84. The molecule has 2 N–H and O–H groups in total. The second kappa shape index (κ2) is 5.62. The number of aromatic nitrogens is 1. The minimum atomic E-state index is -0.678. The van der Waals surface area contributed by atoms with Gasteiger partial charge in [-0.3, -0.25) is 0 Å². The summed E-state index contributed by atoms with van der Waals surface area (Å²) < 4.78 is 0. The van der Waals surface area contributed by atoms with Crippen LogP contribution in [0, 0.1) is 0 Å². The van der Waals surface area contributed by atoms with Gasteiger partial charge in [0.05, 0.1) is 5.60 Å². The van der Waals surface area contributed by atoms with Gasteiger partial charge in [-0.2, -0.15) is 0 Å². The summed E-state index contributed by atoms with van der Waals surface area (Å²) in [6, 6.07) is 10.6. The predicted octanol–water partition coefficient (Wildman–Crippen LogP) is 2.31. The molecule has 0 unspecified atom stereocenters. The topological polar surface area (TPSA) is 48.4 Å². The maximum atomic E-state index is 10.8. The van der Waals surface area contributed by atoms with Crippen LogP contribution in [0.2, 0.25) is 0 Å². The Morgan fingerprint density at radius 1 is 1.13 bits per heavy atom. The first-order chi connectivity index (χ1) is 11.2. The van der Waals surface area contributed by atoms with E-state index in [-0.39, 0.29) is 0 Å². The number of nitrogens with one attached hydrogen (secondary N) is 1. The minimum Gasteiger partial charge on any atom is -0.385 e. The Morgan fingerprint density at radius 2 is 1.87 bits per heavy atom. The van der Waals surface area contributed by atoms with E-state index in [1.165, 1.54) is 5.56 Å². The highest BCUT2D eigenvalue weighted by molar-refractivity contribution is 5.67. The summed E-state index contributed by atoms with van der Waals surface area (Å²) in [7, 11) is 2.09. The number of nitrogens with zero attached hydrogens (tertiary/aromatic N) is 2. The van der Waals surface area contributed by atoms with Crippen molar-refractivity contribution >= 4 is 5.82 Å². The molecule has 0 aliphatic carbocycles. The largest absolute Gasteiger partial charge is 0.385 e. The molecule has 0 bridgehead atoms. The highest BCUT2D eigenvalue weighted by atomic mass is 16.3. The van der Waals surface area contributed by atoms with Crippen molar-refractivity contribution in [1.82, 2.24) is 10.3 Å². The van der Waals surface area contributed by atoms with Gasteiger partial charge in [0.1, 0.15) is 5.82 Å². The molecule has 23 heavy (non-hydrogen) atoms. The number of pyridine rings is 1. The molecule has 2 aliphatic heterocycles. The Balaban J connectivity index is 1.61. The molecule has 4 nitrogen and oxygen atoms in total. The van der Waals surface area contributed by atoms with Gasteiger partial charge in [0.25, 0.3) is 0 Å². The first kappa shape index (κ1) is 14.7. The minimum absolute atomic E-state index is 0.678. The summed E-state index contributed by atoms with van der Waals surface area (Å²) >= 11 is 0. The molecule has 2 aromatic rings. The summed E-state index contributed by atoms with van der Waals surface area (Å²) in [4.78, 5) is 6.81. The van der Waals surface area contributed by atoms with Gasteiger partial charge in [0, 0.05) is 25.4 Å². The first-order valence-corrected chi connectivity index (χ1v) is 8.40. The number of hydrogen-bond donors (Lipinski definition) is 2. The van der Waals surface area contributed by atoms with Gasteiger partial charge in [-0.1, -0.05) is 24.3 Å². The molecule has 2 aliphatic rings. The van der Waals surface area contributed by atoms with E-state index in [0.29, 0.717) is 0 Å². The molecule has 0 atom stereocenters. The third-order valence-corrected chi connectivity index (χ3v) is 5.21. The average Bonchev–Trinajstić information content (AvgIpc) is 2.96. The number of rotatable bonds is 2. The van der Waals surface area contributed by atoms with Crippen molar-refractivity contribution < 1.29 is 5.11 Å². The van der Waals surface area contributed by atoms with Crippen LogP contribution >= 0.6 is 0 Å². The molecule has 0 spiro atoms. The molecule has 1 aromatic heterocycles. The van der Waals surface area contributed by atoms with Crippen LogP contribution in [0.4, 0.5) is 5.82 Å². The standard InChI is InChI=1S/C19H23N3O/c1-22-11-6-15-12-16(13-21-18(15)22)14-2-4-17(5-3-14)19(23)7-9-20-10-8-19/h2-5,12-13,20,23H,6-11H2,1H3. The summed E-state index contributed by atoms with van der Waals surface area (Å²) in [5.74, 6) is 1.11. The number of aliphatic hydroxyl groups is 1. The van der Waals surface area contributed by atoms with E-state index in [2.05, 4.69) is 52.6 Å². The number of benzene rings is 1. The number of fused-ring (bicyclic) bond motifs is 1. The van der Waals surface area contributed by atoms with Gasteiger partial charge in [-0.05, 0) is 55.1 Å². The van der Waals surface area contributed by atoms with Crippen LogP contribution in [0.1, 0.15) is 24.0 Å². The molecule has 4 rings (SSSR count). The van der Waals surface area contributed by atoms with E-state index in [1.54, 1.807) is 0 Å². The monoisotopic (exact) mass is 309 g/mol. The van der Waals surface area contributed by atoms with Crippen molar-refractivity contribution in [3.05, 3.63) is 47.7 Å². The zero-order valence-corrected chi connectivity index (χ0v) is 13.5. The van der Waals surface area contributed by atoms with Gasteiger partial charge >= 0.3 is 0 Å². The van der Waals surface area contributed by atoms with E-state index in [9.17, 15) is 5.11 Å². The summed E-state index contributed by atoms with van der Waals surface area (Å²) in [5, 5.41) is 14.1. The molecule has 1 saturated heterocycles. The van der Waals surface area contributed by atoms with E-state index in [1.807, 2.05) is 6.20 Å². The third kappa shape index (κ3) is 2.62. The fourth-order valence-electron chi connectivity index (χ4n) is 3.68. The van der Waals surface area contributed by atoms with E-state index in [4.69, 9.17) is 0 Å². The summed E-state index contributed by atoms with van der Waals surface area (Å²) in [5.41, 5.74) is 3.99. The SMILES string of the molecule is CN1CCc2cc(-c3ccc(C4(O)CCNCC4)cc3)cnc21. The molecular weight excluding hydrogens is 286 g/mol. The molecule has 3 heterocycles. The van der Waals surface area contributed by atoms with Crippen molar-refractivity contribution in [2.24, 2.45) is 0 Å². The predicted molar refractivity (Wildman–Crippen MR) is 92.6 cm³/mol. The van der Waals surface area contributed by atoms with Gasteiger partial charge in [0.2, 0.25) is 0 Å². The molecule has 1 fully saturated rings. The van der Waals surface area contributed by atoms with Crippen LogP contribution in [0.5, 0.6) is 0 Å². The second-order valence-electron chi connectivity index (χ2n) is 6.74. The van der Waals surface area contributed by atoms with Crippen molar-refractivity contribution in [2.45, 2.75) is 24.9 Å². The Morgan fingerprint density at radius 3 is 2.61 bits per heavy atom. The van der Waals surface area contributed by atoms with Crippen molar-refractivity contribution in [2.75, 3.05) is 31.6 Å². The molecule has 0 radical (unpaired) electrons. The highest BCUT2D eigenvalue weighted by Crippen LogP contribution is 2.33. The van der Waals surface area contributed by atoms with Crippen molar-refractivity contribution in [3.8, 4) is 11.1 Å². The zero-order valence-electron chi connectivity index (χ0n) is 13.5. The first-order valence-electron chi connectivity index (χ1n) is 8.40. The molecular formula is C19H23N3O. The summed E-state index contributed by atoms with van der Waals surface area (Å²) in [6.07, 6.45) is 4.57. The quantitative estimate of drug-likeness (QED) is 0.894. The lowest BCUT2D eigenvalue weighted by Crippen LogP contribution is -2.39. The van der Waals surface area contributed by atoms with Crippen LogP contribution in [0.3, 0.4) is 0 Å². The smallest absolute Gasteiger partial charge is 0.131 e. The van der Waals surface area contributed by atoms with Gasteiger partial charge in [0.15, 0.2) is 0 Å². The van der Waals surface area contributed by atoms with Gasteiger partial charge in [-0.25, -0.2) is 4.98 Å². The number of hydrogen-bond acceptors (Lipinski definition) is 4. The summed E-state index contributed by atoms with van der Waals surface area (Å²) in [6.45, 7) is 2.80. The van der Waals surface area contributed by atoms with Crippen LogP contribution in [0.15, 0.2) is 36.5 Å². The van der Waals surface area contributed by atoms with Crippen LogP contribution in [-0.2, 0) is 12.0 Å². The molecule has 0 saturated carbocycles. The van der Waals surface area contributed by atoms with Gasteiger partial charge < -0.3 is 15.3 Å². The molecule has 120 valence electrons. The van der Waals surface area contributed by atoms with Crippen LogP contribution in [0.25, 0.3) is 11.1 Å². The third-order valence-electron chi connectivity index (χ3n) is 5.21. The zero-order chi connectivity index (χ0) is 15.9. The van der Waals surface area contributed by atoms with Crippen molar-refractivity contribution in [1.29, 1.82) is 0 Å². The van der Waals surface area contributed by atoms with E-state index < -0.39 is 5.60 Å². The highest BCUT2D eigenvalue weighted by Gasteiger charge is 2.30. The number of likely N-dealkylation sites (N-methyl/N-ethyl adjacent to an activating group) is 1. The average molecular weight is 309 g/mol. The molecule has 4 heteroatoms. The number of piperidine rings is 1. The van der Waals surface area contributed by atoms with Crippen LogP contribution < -0.4 is 10.2 Å². The Hall–Kier alpha value is -1.91. The maximum absolute atomic E-state index is 10.8. The normalized spacial score (nSPS) is 19.7. The Bertz CT molecular complexity index is 705. The van der Waals surface area contributed by atoms with Crippen molar-refractivity contribution in [3.63, 3.8) is 0 Å². The fourth-order valence-corrected chi connectivity index (χ4v) is 3.68. The fraction of sp³-hybridized carbons (Fsp3) is 0.421. The maximum Gasteiger partial charge on any atom is 0.131 e. The van der Waals surface area contributed by atoms with E-state index in [0.717, 1.165) is 61.4 Å². The lowest BCUT2D eigenvalue weighted by Gasteiger charge is -2.33. The van der Waals surface area contributed by atoms with E-state index >= 15 is 0 Å². The lowest BCUT2D eigenvalue weighted by molar-refractivity contribution is 0.00595. The Kier molecular flexibility index (Phi) is 3.58. The molecule has 0 amide bonds. The molecule has 1 aromatic carbocycles. The number of anilines is 1. The van der Waals surface area contributed by atoms with Crippen LogP contribution in [-0.4, -0.2) is 36.8 Å². The Labute approximate surface area is 137 Å².